The van der Waals surface area contributed by atoms with Gasteiger partial charge in [0.15, 0.2) is 4.84 Å². The Balaban J connectivity index is 2.13. The molecule has 0 aliphatic carbocycles. The highest BCUT2D eigenvalue weighted by atomic mass is 35.5. The molecule has 2 aliphatic heterocycles. The summed E-state index contributed by atoms with van der Waals surface area (Å²) in [5, 5.41) is 0. The number of carbonyl (C=O) groups excluding carboxylic acids is 2. The minimum absolute atomic E-state index is 0.112. The maximum absolute atomic E-state index is 11.7. The third kappa shape index (κ3) is 1.93. The van der Waals surface area contributed by atoms with Crippen LogP contribution in [0.3, 0.4) is 0 Å². The fourth-order valence-corrected chi connectivity index (χ4v) is 2.51. The average molecular weight is 251 g/mol. The van der Waals surface area contributed by atoms with Crippen molar-refractivity contribution in [2.24, 2.45) is 0 Å². The Morgan fingerprint density at radius 3 is 2.80 bits per heavy atom. The second-order valence-corrected chi connectivity index (χ2v) is 4.89. The molecule has 1 atom stereocenters. The van der Waals surface area contributed by atoms with Crippen molar-refractivity contribution in [3.8, 4) is 0 Å². The molecule has 2 heterocycles. The standard InChI is InChI=1S/C9H12Cl2N2O2/c10-8(11)9(15)13-5-1-4-12-6(13)2-3-7(12)14/h6,8H,1-5H2. The summed E-state index contributed by atoms with van der Waals surface area (Å²) in [5.41, 5.74) is 0. The first-order valence-electron chi connectivity index (χ1n) is 4.99. The molecule has 6 heteroatoms. The quantitative estimate of drug-likeness (QED) is 0.651. The molecule has 0 N–H and O–H groups in total. The van der Waals surface area contributed by atoms with Crippen LogP contribution in [-0.4, -0.2) is 45.7 Å². The van der Waals surface area contributed by atoms with Gasteiger partial charge in [0.1, 0.15) is 6.17 Å². The van der Waals surface area contributed by atoms with Gasteiger partial charge in [-0.25, -0.2) is 0 Å². The van der Waals surface area contributed by atoms with Crippen LogP contribution in [0, 0.1) is 0 Å². The van der Waals surface area contributed by atoms with Crippen molar-refractivity contribution in [3.05, 3.63) is 0 Å². The smallest absolute Gasteiger partial charge is 0.257 e. The molecule has 1 unspecified atom stereocenters. The van der Waals surface area contributed by atoms with Gasteiger partial charge in [-0.1, -0.05) is 23.2 Å². The van der Waals surface area contributed by atoms with E-state index in [1.807, 2.05) is 0 Å². The van der Waals surface area contributed by atoms with Crippen LogP contribution in [-0.2, 0) is 9.59 Å². The van der Waals surface area contributed by atoms with Crippen molar-refractivity contribution in [1.29, 1.82) is 0 Å². The minimum atomic E-state index is -1.03. The van der Waals surface area contributed by atoms with Crippen molar-refractivity contribution >= 4 is 35.0 Å². The van der Waals surface area contributed by atoms with Gasteiger partial charge in [-0.05, 0) is 12.8 Å². The van der Waals surface area contributed by atoms with Crippen LogP contribution in [0.5, 0.6) is 0 Å². The molecule has 0 radical (unpaired) electrons. The Morgan fingerprint density at radius 1 is 1.40 bits per heavy atom. The molecule has 2 aliphatic rings. The van der Waals surface area contributed by atoms with Crippen LogP contribution in [0.1, 0.15) is 19.3 Å². The summed E-state index contributed by atoms with van der Waals surface area (Å²) in [6, 6.07) is 0. The van der Waals surface area contributed by atoms with E-state index in [-0.39, 0.29) is 18.0 Å². The van der Waals surface area contributed by atoms with E-state index in [1.165, 1.54) is 0 Å². The van der Waals surface area contributed by atoms with Crippen LogP contribution in [0.25, 0.3) is 0 Å². The number of hydrogen-bond acceptors (Lipinski definition) is 2. The molecule has 2 amide bonds. The number of amides is 2. The van der Waals surface area contributed by atoms with E-state index in [0.717, 1.165) is 13.0 Å². The number of carbonyl (C=O) groups is 2. The highest BCUT2D eigenvalue weighted by Gasteiger charge is 2.40. The Hall–Kier alpha value is -0.480. The molecule has 2 saturated heterocycles. The average Bonchev–Trinajstić information content (AvgIpc) is 2.59. The van der Waals surface area contributed by atoms with Crippen molar-refractivity contribution in [2.75, 3.05) is 13.1 Å². The van der Waals surface area contributed by atoms with Gasteiger partial charge >= 0.3 is 0 Å². The summed E-state index contributed by atoms with van der Waals surface area (Å²) >= 11 is 11.1. The topological polar surface area (TPSA) is 40.6 Å². The molecule has 15 heavy (non-hydrogen) atoms. The number of rotatable bonds is 1. The molecule has 0 spiro atoms. The first kappa shape index (κ1) is 11.0. The van der Waals surface area contributed by atoms with E-state index in [0.29, 0.717) is 19.4 Å². The Labute approximate surface area is 98.1 Å². The first-order valence-corrected chi connectivity index (χ1v) is 5.86. The fraction of sp³-hybridized carbons (Fsp3) is 0.778. The predicted octanol–water partition coefficient (Wildman–Crippen LogP) is 0.971. The van der Waals surface area contributed by atoms with Gasteiger partial charge in [0.05, 0.1) is 0 Å². The van der Waals surface area contributed by atoms with Crippen molar-refractivity contribution in [2.45, 2.75) is 30.3 Å². The number of alkyl halides is 2. The van der Waals surface area contributed by atoms with Crippen LogP contribution >= 0.6 is 23.2 Å². The van der Waals surface area contributed by atoms with Crippen LogP contribution in [0.15, 0.2) is 0 Å². The maximum Gasteiger partial charge on any atom is 0.257 e. The summed E-state index contributed by atoms with van der Waals surface area (Å²) < 4.78 is 0. The molecule has 84 valence electrons. The van der Waals surface area contributed by atoms with Gasteiger partial charge < -0.3 is 9.80 Å². The summed E-state index contributed by atoms with van der Waals surface area (Å²) in [7, 11) is 0. The van der Waals surface area contributed by atoms with Gasteiger partial charge in [0, 0.05) is 19.5 Å². The summed E-state index contributed by atoms with van der Waals surface area (Å²) in [6.45, 7) is 1.38. The zero-order chi connectivity index (χ0) is 11.0. The van der Waals surface area contributed by atoms with E-state index in [9.17, 15) is 9.59 Å². The fourth-order valence-electron chi connectivity index (χ4n) is 2.26. The number of hydrogen-bond donors (Lipinski definition) is 0. The predicted molar refractivity (Wildman–Crippen MR) is 56.6 cm³/mol. The SMILES string of the molecule is O=C1CCC2N1CCCN2C(=O)C(Cl)Cl. The summed E-state index contributed by atoms with van der Waals surface area (Å²) in [6.07, 6.45) is 1.90. The third-order valence-corrected chi connectivity index (χ3v) is 3.30. The normalized spacial score (nSPS) is 26.1. The molecule has 0 aromatic rings. The minimum Gasteiger partial charge on any atom is -0.322 e. The lowest BCUT2D eigenvalue weighted by Gasteiger charge is -2.40. The Morgan fingerprint density at radius 2 is 2.13 bits per heavy atom. The summed E-state index contributed by atoms with van der Waals surface area (Å²) in [5.74, 6) is -0.166. The zero-order valence-electron chi connectivity index (χ0n) is 8.16. The molecular weight excluding hydrogens is 239 g/mol. The molecule has 4 nitrogen and oxygen atoms in total. The van der Waals surface area contributed by atoms with E-state index < -0.39 is 4.84 Å². The largest absolute Gasteiger partial charge is 0.322 e. The number of halogens is 2. The third-order valence-electron chi connectivity index (χ3n) is 2.92. The van der Waals surface area contributed by atoms with Gasteiger partial charge in [0.2, 0.25) is 5.91 Å². The van der Waals surface area contributed by atoms with Crippen LogP contribution in [0.2, 0.25) is 0 Å². The van der Waals surface area contributed by atoms with Gasteiger partial charge in [-0.15, -0.1) is 0 Å². The van der Waals surface area contributed by atoms with Gasteiger partial charge in [-0.2, -0.15) is 0 Å². The molecule has 0 aromatic heterocycles. The van der Waals surface area contributed by atoms with Crippen LogP contribution < -0.4 is 0 Å². The zero-order valence-corrected chi connectivity index (χ0v) is 9.67. The summed E-state index contributed by atoms with van der Waals surface area (Å²) in [4.78, 5) is 25.5. The van der Waals surface area contributed by atoms with Gasteiger partial charge in [0.25, 0.3) is 5.91 Å². The van der Waals surface area contributed by atoms with Crippen LogP contribution in [0.4, 0.5) is 0 Å². The van der Waals surface area contributed by atoms with Crippen molar-refractivity contribution in [3.63, 3.8) is 0 Å². The molecule has 0 saturated carbocycles. The highest BCUT2D eigenvalue weighted by Crippen LogP contribution is 2.27. The van der Waals surface area contributed by atoms with E-state index >= 15 is 0 Å². The molecule has 0 aromatic carbocycles. The lowest BCUT2D eigenvalue weighted by molar-refractivity contribution is -0.143. The second kappa shape index (κ2) is 4.18. The Kier molecular flexibility index (Phi) is 3.07. The monoisotopic (exact) mass is 250 g/mol. The van der Waals surface area contributed by atoms with Gasteiger partial charge in [-0.3, -0.25) is 9.59 Å². The molecule has 0 bridgehead atoms. The highest BCUT2D eigenvalue weighted by molar-refractivity contribution is 6.53. The molecule has 2 fully saturated rings. The first-order chi connectivity index (χ1) is 7.11. The lowest BCUT2D eigenvalue weighted by Crippen LogP contribution is -2.55. The second-order valence-electron chi connectivity index (χ2n) is 3.79. The van der Waals surface area contributed by atoms with E-state index in [4.69, 9.17) is 23.2 Å². The molecular formula is C9H12Cl2N2O2. The Bertz CT molecular complexity index is 296. The lowest BCUT2D eigenvalue weighted by atomic mass is 10.2. The van der Waals surface area contributed by atoms with Crippen molar-refractivity contribution in [1.82, 2.24) is 9.80 Å². The molecule has 2 rings (SSSR count). The van der Waals surface area contributed by atoms with Crippen molar-refractivity contribution < 1.29 is 9.59 Å². The van der Waals surface area contributed by atoms with E-state index in [2.05, 4.69) is 0 Å². The van der Waals surface area contributed by atoms with E-state index in [1.54, 1.807) is 9.80 Å². The maximum atomic E-state index is 11.7. The number of nitrogens with zero attached hydrogens (tertiary/aromatic N) is 2. The number of fused-ring (bicyclic) bond motifs is 1.